The Balaban J connectivity index is 1.85. The molecule has 1 saturated heterocycles. The Hall–Kier alpha value is -0.260. The molecule has 0 aromatic rings. The molecule has 82 valence electrons. The average Bonchev–Trinajstić information content (AvgIpc) is 2.61. The fraction of sp³-hybridized carbons (Fsp3) is 1.00. The third kappa shape index (κ3) is 2.04. The van der Waals surface area contributed by atoms with Crippen molar-refractivity contribution in [2.75, 3.05) is 19.7 Å². The Bertz CT molecular complexity index is 213. The van der Waals surface area contributed by atoms with E-state index in [2.05, 4.69) is 0 Å². The van der Waals surface area contributed by atoms with Gasteiger partial charge in [-0.1, -0.05) is 0 Å². The van der Waals surface area contributed by atoms with E-state index in [0.717, 1.165) is 0 Å². The molecule has 2 fully saturated rings. The monoisotopic (exact) mass is 207 g/mol. The van der Waals surface area contributed by atoms with Gasteiger partial charge in [-0.05, 0) is 12.8 Å². The van der Waals surface area contributed by atoms with E-state index in [9.17, 15) is 8.78 Å². The number of hydrogen-bond acceptors (Lipinski definition) is 3. The van der Waals surface area contributed by atoms with E-state index in [0.29, 0.717) is 19.4 Å². The number of aliphatic hydroxyl groups excluding tert-OH is 1. The standard InChI is InChI=1S/C9H15F2NO2/c10-9(11)3-1-2-7(9)4-12-5-8(13)6-14-12/h7-8,13H,1-6H2. The molecule has 2 unspecified atom stereocenters. The van der Waals surface area contributed by atoms with Crippen molar-refractivity contribution in [2.45, 2.75) is 31.3 Å². The van der Waals surface area contributed by atoms with Crippen LogP contribution in [0.4, 0.5) is 8.78 Å². The average molecular weight is 207 g/mol. The molecule has 0 amide bonds. The Kier molecular flexibility index (Phi) is 2.72. The maximum absolute atomic E-state index is 13.2. The molecule has 0 aromatic carbocycles. The summed E-state index contributed by atoms with van der Waals surface area (Å²) in [6.07, 6.45) is 0.621. The highest BCUT2D eigenvalue weighted by Crippen LogP contribution is 2.40. The summed E-state index contributed by atoms with van der Waals surface area (Å²) in [5, 5.41) is 10.6. The lowest BCUT2D eigenvalue weighted by molar-refractivity contribution is -0.143. The first-order chi connectivity index (χ1) is 6.58. The van der Waals surface area contributed by atoms with Crippen molar-refractivity contribution in [3.05, 3.63) is 0 Å². The van der Waals surface area contributed by atoms with Crippen molar-refractivity contribution < 1.29 is 18.7 Å². The predicted octanol–water partition coefficient (Wildman–Crippen LogP) is 1.03. The van der Waals surface area contributed by atoms with Gasteiger partial charge in [0.05, 0.1) is 19.3 Å². The molecule has 5 heteroatoms. The van der Waals surface area contributed by atoms with Crippen LogP contribution in [-0.4, -0.2) is 41.9 Å². The molecule has 1 N–H and O–H groups in total. The third-order valence-corrected chi connectivity index (χ3v) is 2.95. The highest BCUT2D eigenvalue weighted by atomic mass is 19.3. The van der Waals surface area contributed by atoms with Crippen molar-refractivity contribution in [3.8, 4) is 0 Å². The zero-order valence-electron chi connectivity index (χ0n) is 7.96. The highest BCUT2D eigenvalue weighted by Gasteiger charge is 2.45. The number of β-amino-alcohol motifs (C(OH)–C–C–N with tert-alkyl or cyclic N) is 1. The van der Waals surface area contributed by atoms with E-state index in [1.165, 1.54) is 5.06 Å². The lowest BCUT2D eigenvalue weighted by Gasteiger charge is -2.23. The van der Waals surface area contributed by atoms with Crippen LogP contribution in [0.1, 0.15) is 19.3 Å². The number of alkyl halides is 2. The smallest absolute Gasteiger partial charge is 0.252 e. The first-order valence-corrected chi connectivity index (χ1v) is 5.02. The second-order valence-corrected chi connectivity index (χ2v) is 4.15. The van der Waals surface area contributed by atoms with E-state index in [-0.39, 0.29) is 19.6 Å². The van der Waals surface area contributed by atoms with Crippen LogP contribution in [0.5, 0.6) is 0 Å². The number of hydrogen-bond donors (Lipinski definition) is 1. The summed E-state index contributed by atoms with van der Waals surface area (Å²) < 4.78 is 26.4. The quantitative estimate of drug-likeness (QED) is 0.734. The van der Waals surface area contributed by atoms with Crippen molar-refractivity contribution in [1.82, 2.24) is 5.06 Å². The SMILES string of the molecule is OC1CON(CC2CCCC2(F)F)C1. The Morgan fingerprint density at radius 1 is 1.50 bits per heavy atom. The minimum absolute atomic E-state index is 0.00589. The summed E-state index contributed by atoms with van der Waals surface area (Å²) in [5.74, 6) is -3.15. The lowest BCUT2D eigenvalue weighted by Crippen LogP contribution is -2.34. The van der Waals surface area contributed by atoms with Gasteiger partial charge in [-0.15, -0.1) is 0 Å². The predicted molar refractivity (Wildman–Crippen MR) is 45.8 cm³/mol. The maximum Gasteiger partial charge on any atom is 0.252 e. The van der Waals surface area contributed by atoms with Crippen molar-refractivity contribution in [1.29, 1.82) is 0 Å². The molecular formula is C9H15F2NO2. The van der Waals surface area contributed by atoms with Gasteiger partial charge in [0.15, 0.2) is 0 Å². The van der Waals surface area contributed by atoms with Crippen LogP contribution in [-0.2, 0) is 4.84 Å². The highest BCUT2D eigenvalue weighted by molar-refractivity contribution is 4.86. The molecule has 14 heavy (non-hydrogen) atoms. The van der Waals surface area contributed by atoms with Crippen LogP contribution in [0.25, 0.3) is 0 Å². The van der Waals surface area contributed by atoms with E-state index < -0.39 is 17.9 Å². The molecule has 2 atom stereocenters. The minimum atomic E-state index is -2.54. The molecule has 2 rings (SSSR count). The number of hydroxylamine groups is 2. The zero-order valence-corrected chi connectivity index (χ0v) is 7.96. The normalized spacial score (nSPS) is 37.9. The van der Waals surface area contributed by atoms with Crippen LogP contribution < -0.4 is 0 Å². The van der Waals surface area contributed by atoms with Gasteiger partial charge in [0.1, 0.15) is 0 Å². The van der Waals surface area contributed by atoms with Crippen molar-refractivity contribution in [3.63, 3.8) is 0 Å². The Morgan fingerprint density at radius 3 is 2.79 bits per heavy atom. The summed E-state index contributed by atoms with van der Waals surface area (Å²) in [4.78, 5) is 5.07. The zero-order chi connectivity index (χ0) is 10.2. The van der Waals surface area contributed by atoms with Crippen LogP contribution in [0.2, 0.25) is 0 Å². The van der Waals surface area contributed by atoms with Gasteiger partial charge in [-0.2, -0.15) is 5.06 Å². The summed E-state index contributed by atoms with van der Waals surface area (Å²) in [5.41, 5.74) is 0. The number of halogens is 2. The second kappa shape index (κ2) is 3.72. The molecule has 1 aliphatic heterocycles. The van der Waals surface area contributed by atoms with Gasteiger partial charge < -0.3 is 5.11 Å². The van der Waals surface area contributed by atoms with Gasteiger partial charge in [-0.25, -0.2) is 8.78 Å². The maximum atomic E-state index is 13.2. The Labute approximate surface area is 81.6 Å². The van der Waals surface area contributed by atoms with Gasteiger partial charge in [0.25, 0.3) is 5.92 Å². The molecule has 0 aromatic heterocycles. The molecule has 0 spiro atoms. The molecule has 0 radical (unpaired) electrons. The van der Waals surface area contributed by atoms with Gasteiger partial charge >= 0.3 is 0 Å². The molecule has 0 bridgehead atoms. The topological polar surface area (TPSA) is 32.7 Å². The van der Waals surface area contributed by atoms with Crippen LogP contribution >= 0.6 is 0 Å². The summed E-state index contributed by atoms with van der Waals surface area (Å²) in [6, 6.07) is 0. The fourth-order valence-corrected chi connectivity index (χ4v) is 2.13. The van der Waals surface area contributed by atoms with E-state index in [4.69, 9.17) is 9.94 Å². The molecule has 1 aliphatic carbocycles. The van der Waals surface area contributed by atoms with E-state index >= 15 is 0 Å². The summed E-state index contributed by atoms with van der Waals surface area (Å²) in [7, 11) is 0. The Morgan fingerprint density at radius 2 is 2.29 bits per heavy atom. The third-order valence-electron chi connectivity index (χ3n) is 2.95. The van der Waals surface area contributed by atoms with E-state index in [1.807, 2.05) is 0 Å². The van der Waals surface area contributed by atoms with Gasteiger partial charge in [-0.3, -0.25) is 4.84 Å². The molecule has 3 nitrogen and oxygen atoms in total. The summed E-state index contributed by atoms with van der Waals surface area (Å²) in [6.45, 7) is 0.828. The number of rotatable bonds is 2. The minimum Gasteiger partial charge on any atom is -0.389 e. The number of nitrogens with zero attached hydrogens (tertiary/aromatic N) is 1. The molecular weight excluding hydrogens is 192 g/mol. The van der Waals surface area contributed by atoms with Crippen LogP contribution in [0.3, 0.4) is 0 Å². The lowest BCUT2D eigenvalue weighted by atomic mass is 10.1. The van der Waals surface area contributed by atoms with Crippen LogP contribution in [0.15, 0.2) is 0 Å². The summed E-state index contributed by atoms with van der Waals surface area (Å²) >= 11 is 0. The second-order valence-electron chi connectivity index (χ2n) is 4.15. The fourth-order valence-electron chi connectivity index (χ4n) is 2.13. The molecule has 1 saturated carbocycles. The largest absolute Gasteiger partial charge is 0.389 e. The van der Waals surface area contributed by atoms with Gasteiger partial charge in [0, 0.05) is 18.9 Å². The number of aliphatic hydroxyl groups is 1. The van der Waals surface area contributed by atoms with Crippen molar-refractivity contribution in [2.24, 2.45) is 5.92 Å². The molecule has 2 aliphatic rings. The van der Waals surface area contributed by atoms with E-state index in [1.54, 1.807) is 0 Å². The van der Waals surface area contributed by atoms with Crippen LogP contribution in [0, 0.1) is 5.92 Å². The first kappa shape index (κ1) is 10.3. The first-order valence-electron chi connectivity index (χ1n) is 5.02. The van der Waals surface area contributed by atoms with Gasteiger partial charge in [0.2, 0.25) is 0 Å². The molecule has 1 heterocycles. The van der Waals surface area contributed by atoms with Crippen molar-refractivity contribution >= 4 is 0 Å².